The highest BCUT2D eigenvalue weighted by molar-refractivity contribution is 5.79. The van der Waals surface area contributed by atoms with Crippen molar-refractivity contribution in [1.29, 1.82) is 0 Å². The maximum Gasteiger partial charge on any atom is 0.133 e. The molecule has 0 heterocycles. The van der Waals surface area contributed by atoms with E-state index in [9.17, 15) is 4.79 Å². The molecule has 4 saturated carbocycles. The summed E-state index contributed by atoms with van der Waals surface area (Å²) in [7, 11) is 0. The summed E-state index contributed by atoms with van der Waals surface area (Å²) in [4.78, 5) is 12.7. The van der Waals surface area contributed by atoms with Gasteiger partial charge in [0.15, 0.2) is 0 Å². The fourth-order valence-electron chi connectivity index (χ4n) is 7.27. The molecule has 0 amide bonds. The first kappa shape index (κ1) is 15.6. The first-order valence-electron chi connectivity index (χ1n) is 9.31. The fraction of sp³-hybridized carbons (Fsp3) is 0.950. The Morgan fingerprint density at radius 3 is 2.05 bits per heavy atom. The second-order valence-corrected chi connectivity index (χ2v) is 9.73. The number of rotatable bonds is 6. The highest BCUT2D eigenvalue weighted by atomic mass is 16.1. The molecule has 120 valence electrons. The van der Waals surface area contributed by atoms with Crippen molar-refractivity contribution >= 4 is 5.78 Å². The molecule has 1 heteroatoms. The second kappa shape index (κ2) is 5.10. The van der Waals surface area contributed by atoms with Crippen molar-refractivity contribution in [3.05, 3.63) is 0 Å². The summed E-state index contributed by atoms with van der Waals surface area (Å²) in [5.74, 6) is 2.10. The second-order valence-electron chi connectivity index (χ2n) is 9.73. The molecule has 21 heavy (non-hydrogen) atoms. The smallest absolute Gasteiger partial charge is 0.133 e. The van der Waals surface area contributed by atoms with Gasteiger partial charge in [0, 0.05) is 12.8 Å². The van der Waals surface area contributed by atoms with Gasteiger partial charge in [-0.25, -0.2) is 0 Å². The van der Waals surface area contributed by atoms with Crippen LogP contribution in [0.15, 0.2) is 0 Å². The van der Waals surface area contributed by atoms with E-state index in [1.54, 1.807) is 0 Å². The molecule has 2 unspecified atom stereocenters. The van der Waals surface area contributed by atoms with Crippen molar-refractivity contribution in [2.45, 2.75) is 91.9 Å². The lowest BCUT2D eigenvalue weighted by Crippen LogP contribution is -2.55. The van der Waals surface area contributed by atoms with Crippen LogP contribution in [0.5, 0.6) is 0 Å². The van der Waals surface area contributed by atoms with Gasteiger partial charge in [0.2, 0.25) is 0 Å². The van der Waals surface area contributed by atoms with Gasteiger partial charge in [-0.15, -0.1) is 0 Å². The Morgan fingerprint density at radius 2 is 1.57 bits per heavy atom. The highest BCUT2D eigenvalue weighted by Crippen LogP contribution is 2.70. The van der Waals surface area contributed by atoms with E-state index in [0.29, 0.717) is 27.9 Å². The Morgan fingerprint density at radius 1 is 1.00 bits per heavy atom. The van der Waals surface area contributed by atoms with Crippen LogP contribution in [-0.4, -0.2) is 5.78 Å². The van der Waals surface area contributed by atoms with Gasteiger partial charge in [0.1, 0.15) is 5.78 Å². The van der Waals surface area contributed by atoms with Crippen LogP contribution in [0.1, 0.15) is 91.9 Å². The molecule has 1 nitrogen and oxygen atoms in total. The summed E-state index contributed by atoms with van der Waals surface area (Å²) < 4.78 is 0. The van der Waals surface area contributed by atoms with Crippen molar-refractivity contribution in [3.8, 4) is 0 Å². The predicted octanol–water partition coefficient (Wildman–Crippen LogP) is 5.77. The molecular weight excluding hydrogens is 256 g/mol. The average molecular weight is 290 g/mol. The topological polar surface area (TPSA) is 17.1 Å². The molecule has 0 radical (unpaired) electrons. The zero-order valence-electron chi connectivity index (χ0n) is 14.6. The lowest BCUT2D eigenvalue weighted by Gasteiger charge is -2.65. The predicted molar refractivity (Wildman–Crippen MR) is 88.2 cm³/mol. The molecule has 2 atom stereocenters. The minimum Gasteiger partial charge on any atom is -0.300 e. The van der Waals surface area contributed by atoms with Crippen molar-refractivity contribution < 1.29 is 4.79 Å². The third-order valence-electron chi connectivity index (χ3n) is 6.98. The van der Waals surface area contributed by atoms with Crippen LogP contribution in [0.4, 0.5) is 0 Å². The zero-order valence-corrected chi connectivity index (χ0v) is 14.6. The number of hydrogen-bond acceptors (Lipinski definition) is 1. The molecular formula is C20H34O. The zero-order chi connectivity index (χ0) is 15.3. The van der Waals surface area contributed by atoms with Crippen molar-refractivity contribution in [3.63, 3.8) is 0 Å². The lowest BCUT2D eigenvalue weighted by molar-refractivity contribution is -0.155. The number of hydrogen-bond donors (Lipinski definition) is 0. The van der Waals surface area contributed by atoms with Gasteiger partial charge in [0.25, 0.3) is 0 Å². The van der Waals surface area contributed by atoms with E-state index in [4.69, 9.17) is 0 Å². The van der Waals surface area contributed by atoms with E-state index in [2.05, 4.69) is 27.7 Å². The Labute approximate surface area is 131 Å². The van der Waals surface area contributed by atoms with Crippen LogP contribution in [0.2, 0.25) is 0 Å². The quantitative estimate of drug-likeness (QED) is 0.607. The molecule has 4 aliphatic carbocycles. The molecule has 0 aromatic carbocycles. The largest absolute Gasteiger partial charge is 0.300 e. The average Bonchev–Trinajstić information content (AvgIpc) is 2.30. The van der Waals surface area contributed by atoms with Crippen LogP contribution < -0.4 is 0 Å². The monoisotopic (exact) mass is 290 g/mol. The highest BCUT2D eigenvalue weighted by Gasteiger charge is 2.60. The first-order valence-corrected chi connectivity index (χ1v) is 9.31. The Bertz CT molecular complexity index is 402. The summed E-state index contributed by atoms with van der Waals surface area (Å²) in [6.07, 6.45) is 12.4. The first-order chi connectivity index (χ1) is 9.79. The van der Waals surface area contributed by atoms with Gasteiger partial charge in [0.05, 0.1) is 0 Å². The maximum absolute atomic E-state index is 12.7. The van der Waals surface area contributed by atoms with Crippen LogP contribution in [0.3, 0.4) is 0 Å². The summed E-state index contributed by atoms with van der Waals surface area (Å²) in [6.45, 7) is 9.48. The van der Waals surface area contributed by atoms with Gasteiger partial charge in [-0.1, -0.05) is 40.5 Å². The fourth-order valence-corrected chi connectivity index (χ4v) is 7.27. The third kappa shape index (κ3) is 2.94. The third-order valence-corrected chi connectivity index (χ3v) is 6.98. The summed E-state index contributed by atoms with van der Waals surface area (Å²) in [5, 5.41) is 0. The van der Waals surface area contributed by atoms with Gasteiger partial charge in [-0.3, -0.25) is 4.79 Å². The van der Waals surface area contributed by atoms with Crippen LogP contribution in [0, 0.1) is 28.1 Å². The molecule has 0 saturated heterocycles. The molecule has 0 spiro atoms. The SMILES string of the molecule is CCC(CC)CC(=O)CC12CC3CC(C)(CC(C)(C3)C1)C2. The van der Waals surface area contributed by atoms with Gasteiger partial charge in [-0.2, -0.15) is 0 Å². The van der Waals surface area contributed by atoms with Gasteiger partial charge in [-0.05, 0) is 66.6 Å². The number of ketones is 1. The van der Waals surface area contributed by atoms with Gasteiger partial charge >= 0.3 is 0 Å². The van der Waals surface area contributed by atoms with E-state index in [0.717, 1.165) is 31.6 Å². The molecule has 4 aliphatic rings. The van der Waals surface area contributed by atoms with Crippen molar-refractivity contribution in [2.24, 2.45) is 28.1 Å². The van der Waals surface area contributed by atoms with E-state index < -0.39 is 0 Å². The number of carbonyl (C=O) groups is 1. The van der Waals surface area contributed by atoms with Crippen LogP contribution in [0.25, 0.3) is 0 Å². The molecule has 0 aromatic rings. The molecule has 4 fully saturated rings. The maximum atomic E-state index is 12.7. The van der Waals surface area contributed by atoms with Crippen molar-refractivity contribution in [2.75, 3.05) is 0 Å². The van der Waals surface area contributed by atoms with E-state index in [1.165, 1.54) is 38.5 Å². The summed E-state index contributed by atoms with van der Waals surface area (Å²) in [5.41, 5.74) is 1.47. The molecule has 4 rings (SSSR count). The molecule has 4 bridgehead atoms. The summed E-state index contributed by atoms with van der Waals surface area (Å²) in [6, 6.07) is 0. The van der Waals surface area contributed by atoms with E-state index in [1.807, 2.05) is 0 Å². The Kier molecular flexibility index (Phi) is 3.78. The van der Waals surface area contributed by atoms with Crippen LogP contribution in [-0.2, 0) is 4.79 Å². The minimum atomic E-state index is 0.381. The number of Topliss-reactive ketones (excluding diaryl/α,β-unsaturated/α-hetero) is 1. The van der Waals surface area contributed by atoms with Crippen LogP contribution >= 0.6 is 0 Å². The van der Waals surface area contributed by atoms with Gasteiger partial charge < -0.3 is 0 Å². The van der Waals surface area contributed by atoms with E-state index in [-0.39, 0.29) is 0 Å². The summed E-state index contributed by atoms with van der Waals surface area (Å²) >= 11 is 0. The molecule has 0 N–H and O–H groups in total. The minimum absolute atomic E-state index is 0.381. The van der Waals surface area contributed by atoms with Crippen molar-refractivity contribution in [1.82, 2.24) is 0 Å². The standard InChI is InChI=1S/C20H34O/c1-5-15(6-2)7-17(21)11-20-10-16-8-18(3,13-20)12-19(4,9-16)14-20/h15-16H,5-14H2,1-4H3. The van der Waals surface area contributed by atoms with E-state index >= 15 is 0 Å². The lowest BCUT2D eigenvalue weighted by atomic mass is 9.39. The molecule has 0 aromatic heterocycles. The number of carbonyl (C=O) groups excluding carboxylic acids is 1. The Balaban J connectivity index is 1.71. The normalized spacial score (nSPS) is 44.5. The Hall–Kier alpha value is -0.330. The molecule has 0 aliphatic heterocycles.